The molecule has 3 aromatic carbocycles. The van der Waals surface area contributed by atoms with Crippen molar-refractivity contribution >= 4 is 29.1 Å². The van der Waals surface area contributed by atoms with E-state index in [0.29, 0.717) is 12.2 Å². The van der Waals surface area contributed by atoms with Crippen molar-refractivity contribution in [3.05, 3.63) is 103 Å². The van der Waals surface area contributed by atoms with Crippen molar-refractivity contribution in [2.45, 2.75) is 6.92 Å². The molecule has 0 aliphatic heterocycles. The zero-order chi connectivity index (χ0) is 19.1. The van der Waals surface area contributed by atoms with Crippen molar-refractivity contribution in [3.63, 3.8) is 0 Å². The molecule has 136 valence electrons. The first kappa shape index (κ1) is 19.1. The Morgan fingerprint density at radius 1 is 0.778 bits per heavy atom. The Bertz CT molecular complexity index is 793. The predicted molar refractivity (Wildman–Crippen MR) is 116 cm³/mol. The van der Waals surface area contributed by atoms with Gasteiger partial charge in [-0.05, 0) is 43.3 Å². The van der Waals surface area contributed by atoms with Gasteiger partial charge in [-0.1, -0.05) is 61.2 Å². The topological polar surface area (TPSA) is 26.3 Å². The summed E-state index contributed by atoms with van der Waals surface area (Å²) in [7, 11) is -1.95. The van der Waals surface area contributed by atoms with E-state index in [1.807, 2.05) is 18.2 Å². The number of carbonyl (C=O) groups excluding carboxylic acids is 1. The quantitative estimate of drug-likeness (QED) is 0.353. The van der Waals surface area contributed by atoms with Crippen molar-refractivity contribution in [2.75, 3.05) is 12.8 Å². The van der Waals surface area contributed by atoms with E-state index in [1.165, 1.54) is 15.9 Å². The van der Waals surface area contributed by atoms with Crippen molar-refractivity contribution < 1.29 is 9.53 Å². The van der Waals surface area contributed by atoms with Gasteiger partial charge in [-0.2, -0.15) is 0 Å². The highest BCUT2D eigenvalue weighted by Gasteiger charge is 2.45. The number of hydrogen-bond donors (Lipinski definition) is 0. The van der Waals surface area contributed by atoms with Gasteiger partial charge in [0.25, 0.3) is 0 Å². The third-order valence-electron chi connectivity index (χ3n) is 4.60. The van der Waals surface area contributed by atoms with Crippen molar-refractivity contribution in [1.29, 1.82) is 0 Å². The highest BCUT2D eigenvalue weighted by atomic mass is 31.2. The molecule has 0 heterocycles. The molecule has 0 aliphatic carbocycles. The fraction of sp³-hybridized carbons (Fsp3) is 0.125. The van der Waals surface area contributed by atoms with Crippen LogP contribution in [0.3, 0.4) is 0 Å². The minimum absolute atomic E-state index is 0.331. The third-order valence-corrected chi connectivity index (χ3v) is 8.99. The minimum atomic E-state index is -1.95. The number of rotatable bonds is 7. The maximum atomic E-state index is 11.9. The molecule has 0 atom stereocenters. The van der Waals surface area contributed by atoms with E-state index in [2.05, 4.69) is 79.4 Å². The summed E-state index contributed by atoms with van der Waals surface area (Å²) in [5.41, 5.74) is 0.429. The van der Waals surface area contributed by atoms with Gasteiger partial charge in [0.1, 0.15) is 35.9 Å². The van der Waals surface area contributed by atoms with Crippen LogP contribution in [0.1, 0.15) is 6.92 Å². The van der Waals surface area contributed by atoms with Crippen LogP contribution in [0, 0.1) is 0 Å². The summed E-state index contributed by atoms with van der Waals surface area (Å²) in [4.78, 5) is 11.9. The van der Waals surface area contributed by atoms with E-state index < -0.39 is 7.26 Å². The lowest BCUT2D eigenvalue weighted by molar-refractivity contribution is -0.138. The Balaban J connectivity index is 2.11. The first-order valence-electron chi connectivity index (χ1n) is 9.02. The third kappa shape index (κ3) is 4.18. The molecule has 0 aromatic heterocycles. The van der Waals surface area contributed by atoms with Crippen LogP contribution in [0.25, 0.3) is 0 Å². The lowest BCUT2D eigenvalue weighted by Gasteiger charge is -2.27. The zero-order valence-electron chi connectivity index (χ0n) is 15.5. The fourth-order valence-corrected chi connectivity index (χ4v) is 7.36. The average molecular weight is 375 g/mol. The van der Waals surface area contributed by atoms with Crippen LogP contribution in [0.2, 0.25) is 0 Å². The zero-order valence-corrected chi connectivity index (χ0v) is 16.4. The number of carbonyl (C=O) groups is 1. The van der Waals surface area contributed by atoms with Gasteiger partial charge in [0.2, 0.25) is 0 Å². The minimum Gasteiger partial charge on any atom is -0.458 e. The SMILES string of the molecule is C=C(C)C(=O)OCC[P+](c1ccccc1)(c1ccccc1)c1ccccc1. The van der Waals surface area contributed by atoms with Gasteiger partial charge in [0, 0.05) is 5.57 Å². The van der Waals surface area contributed by atoms with Crippen molar-refractivity contribution in [2.24, 2.45) is 0 Å². The van der Waals surface area contributed by atoms with Crippen LogP contribution in [-0.4, -0.2) is 18.7 Å². The molecule has 27 heavy (non-hydrogen) atoms. The second-order valence-corrected chi connectivity index (χ2v) is 10.1. The van der Waals surface area contributed by atoms with Crippen LogP contribution in [0.4, 0.5) is 0 Å². The summed E-state index contributed by atoms with van der Waals surface area (Å²) in [6, 6.07) is 31.7. The molecule has 3 rings (SSSR count). The Morgan fingerprint density at radius 3 is 1.48 bits per heavy atom. The summed E-state index contributed by atoms with van der Waals surface area (Å²) in [6.45, 7) is 5.72. The highest BCUT2D eigenvalue weighted by molar-refractivity contribution is 7.95. The Kier molecular flexibility index (Phi) is 6.21. The normalized spacial score (nSPS) is 11.0. The van der Waals surface area contributed by atoms with Crippen LogP contribution < -0.4 is 15.9 Å². The van der Waals surface area contributed by atoms with E-state index in [4.69, 9.17) is 4.74 Å². The Labute approximate surface area is 161 Å². The molecule has 0 saturated heterocycles. The van der Waals surface area contributed by atoms with Gasteiger partial charge in [-0.3, -0.25) is 0 Å². The second-order valence-electron chi connectivity index (χ2n) is 6.46. The number of esters is 1. The van der Waals surface area contributed by atoms with Crippen molar-refractivity contribution in [3.8, 4) is 0 Å². The largest absolute Gasteiger partial charge is 0.458 e. The van der Waals surface area contributed by atoms with E-state index in [9.17, 15) is 4.79 Å². The molecule has 0 saturated carbocycles. The maximum absolute atomic E-state index is 11.9. The van der Waals surface area contributed by atoms with Crippen LogP contribution in [-0.2, 0) is 9.53 Å². The molecule has 0 amide bonds. The van der Waals surface area contributed by atoms with Gasteiger partial charge in [-0.25, -0.2) is 4.79 Å². The molecule has 0 fully saturated rings. The standard InChI is InChI=1S/C24H24O2P/c1-20(2)24(25)26-18-19-27(21-12-6-3-7-13-21,22-14-8-4-9-15-22)23-16-10-5-11-17-23/h3-17H,1,18-19H2,2H3/q+1. The molecule has 0 radical (unpaired) electrons. The summed E-state index contributed by atoms with van der Waals surface area (Å²) in [6.07, 6.45) is 0.754. The number of benzene rings is 3. The molecular formula is C24H24O2P+. The Hall–Kier alpha value is -2.70. The second kappa shape index (κ2) is 8.79. The molecule has 0 bridgehead atoms. The number of hydrogen-bond acceptors (Lipinski definition) is 2. The number of ether oxygens (including phenoxy) is 1. The van der Waals surface area contributed by atoms with Gasteiger partial charge >= 0.3 is 5.97 Å². The van der Waals surface area contributed by atoms with Crippen molar-refractivity contribution in [1.82, 2.24) is 0 Å². The summed E-state index contributed by atoms with van der Waals surface area (Å²) in [5.74, 6) is -0.331. The highest BCUT2D eigenvalue weighted by Crippen LogP contribution is 2.54. The molecule has 3 heteroatoms. The fourth-order valence-electron chi connectivity index (χ4n) is 3.28. The summed E-state index contributed by atoms with van der Waals surface area (Å²) < 4.78 is 5.51. The molecular weight excluding hydrogens is 351 g/mol. The van der Waals surface area contributed by atoms with Gasteiger partial charge < -0.3 is 4.74 Å². The first-order chi connectivity index (χ1) is 13.1. The monoisotopic (exact) mass is 375 g/mol. The Morgan fingerprint density at radius 2 is 1.15 bits per heavy atom. The molecule has 0 unspecified atom stereocenters. The van der Waals surface area contributed by atoms with E-state index in [0.717, 1.165) is 6.16 Å². The molecule has 2 nitrogen and oxygen atoms in total. The van der Waals surface area contributed by atoms with Crippen LogP contribution >= 0.6 is 7.26 Å². The van der Waals surface area contributed by atoms with Gasteiger partial charge in [0.05, 0.1) is 0 Å². The molecule has 3 aromatic rings. The smallest absolute Gasteiger partial charge is 0.333 e. The molecule has 0 aliphatic rings. The van der Waals surface area contributed by atoms with Gasteiger partial charge in [-0.15, -0.1) is 0 Å². The predicted octanol–water partition coefficient (Wildman–Crippen LogP) is 4.10. The van der Waals surface area contributed by atoms with E-state index >= 15 is 0 Å². The van der Waals surface area contributed by atoms with Crippen LogP contribution in [0.15, 0.2) is 103 Å². The van der Waals surface area contributed by atoms with E-state index in [1.54, 1.807) is 6.92 Å². The molecule has 0 spiro atoms. The first-order valence-corrected chi connectivity index (χ1v) is 11.0. The lowest BCUT2D eigenvalue weighted by Crippen LogP contribution is -2.35. The average Bonchev–Trinajstić information content (AvgIpc) is 2.73. The van der Waals surface area contributed by atoms with Gasteiger partial charge in [0.15, 0.2) is 0 Å². The summed E-state index contributed by atoms with van der Waals surface area (Å²) in [5, 5.41) is 3.86. The molecule has 0 N–H and O–H groups in total. The maximum Gasteiger partial charge on any atom is 0.333 e. The lowest BCUT2D eigenvalue weighted by atomic mass is 10.4. The van der Waals surface area contributed by atoms with Crippen LogP contribution in [0.5, 0.6) is 0 Å². The summed E-state index contributed by atoms with van der Waals surface area (Å²) >= 11 is 0. The van der Waals surface area contributed by atoms with E-state index in [-0.39, 0.29) is 5.97 Å².